The number of hydrogen-bond acceptors (Lipinski definition) is 5. The van der Waals surface area contributed by atoms with Crippen molar-refractivity contribution in [3.63, 3.8) is 0 Å². The van der Waals surface area contributed by atoms with Crippen molar-refractivity contribution in [2.45, 2.75) is 26.4 Å². The zero-order valence-electron chi connectivity index (χ0n) is 17.5. The molecule has 0 aliphatic rings. The van der Waals surface area contributed by atoms with E-state index in [0.29, 0.717) is 22.7 Å². The minimum absolute atomic E-state index is 0.223. The Morgan fingerprint density at radius 3 is 2.61 bits per heavy atom. The zero-order chi connectivity index (χ0) is 22.3. The van der Waals surface area contributed by atoms with Crippen molar-refractivity contribution in [1.29, 1.82) is 0 Å². The highest BCUT2D eigenvalue weighted by molar-refractivity contribution is 6.33. The lowest BCUT2D eigenvalue weighted by molar-refractivity contribution is 0.0547. The number of carbonyl (C=O) groups is 1. The van der Waals surface area contributed by atoms with Crippen LogP contribution in [0.1, 0.15) is 20.8 Å². The molecule has 3 aromatic heterocycles. The summed E-state index contributed by atoms with van der Waals surface area (Å²) in [5.41, 5.74) is 1.83. The minimum Gasteiger partial charge on any atom is -0.443 e. The van der Waals surface area contributed by atoms with Crippen LogP contribution in [0.5, 0.6) is 0 Å². The lowest BCUT2D eigenvalue weighted by Crippen LogP contribution is -2.27. The van der Waals surface area contributed by atoms with E-state index in [2.05, 4.69) is 15.4 Å². The molecule has 0 unspecified atom stereocenters. The van der Waals surface area contributed by atoms with Gasteiger partial charge in [-0.15, -0.1) is 0 Å². The first-order chi connectivity index (χ1) is 14.6. The highest BCUT2D eigenvalue weighted by atomic mass is 35.5. The second-order valence-electron chi connectivity index (χ2n) is 8.13. The minimum atomic E-state index is -0.671. The quantitative estimate of drug-likeness (QED) is 0.437. The van der Waals surface area contributed by atoms with Gasteiger partial charge >= 0.3 is 6.09 Å². The normalized spacial score (nSPS) is 11.7. The maximum atomic E-state index is 13.3. The number of hydrogen-bond donors (Lipinski definition) is 1. The molecule has 4 aromatic rings. The molecular formula is C22H21ClFN5O2. The van der Waals surface area contributed by atoms with Crippen molar-refractivity contribution in [1.82, 2.24) is 19.3 Å². The molecule has 0 bridgehead atoms. The van der Waals surface area contributed by atoms with Crippen molar-refractivity contribution >= 4 is 40.1 Å². The summed E-state index contributed by atoms with van der Waals surface area (Å²) >= 11 is 6.12. The molecule has 0 amide bonds. The summed E-state index contributed by atoms with van der Waals surface area (Å²) in [7, 11) is 1.81. The number of benzene rings is 1. The highest BCUT2D eigenvalue weighted by Gasteiger charge is 2.24. The molecule has 0 spiro atoms. The van der Waals surface area contributed by atoms with Gasteiger partial charge in [-0.3, -0.25) is 4.68 Å². The third kappa shape index (κ3) is 4.39. The summed E-state index contributed by atoms with van der Waals surface area (Å²) in [6.07, 6.45) is 4.63. The van der Waals surface area contributed by atoms with Crippen LogP contribution >= 0.6 is 11.6 Å². The second kappa shape index (κ2) is 7.70. The number of aromatic nitrogens is 4. The van der Waals surface area contributed by atoms with Gasteiger partial charge in [0.2, 0.25) is 0 Å². The van der Waals surface area contributed by atoms with E-state index in [0.717, 1.165) is 10.9 Å². The molecule has 0 fully saturated rings. The van der Waals surface area contributed by atoms with E-state index in [-0.39, 0.29) is 5.02 Å². The average Bonchev–Trinajstić information content (AvgIpc) is 3.25. The molecular weight excluding hydrogens is 421 g/mol. The Kier molecular flexibility index (Phi) is 5.18. The van der Waals surface area contributed by atoms with Crippen LogP contribution in [-0.2, 0) is 11.8 Å². The average molecular weight is 442 g/mol. The summed E-state index contributed by atoms with van der Waals surface area (Å²) in [6, 6.07) is 7.62. The Bertz CT molecular complexity index is 1290. The van der Waals surface area contributed by atoms with Crippen LogP contribution in [0.15, 0.2) is 48.9 Å². The first-order valence-electron chi connectivity index (χ1n) is 9.57. The van der Waals surface area contributed by atoms with E-state index in [9.17, 15) is 9.18 Å². The van der Waals surface area contributed by atoms with Gasteiger partial charge in [0.1, 0.15) is 17.2 Å². The molecule has 1 aromatic carbocycles. The summed E-state index contributed by atoms with van der Waals surface area (Å²) < 4.78 is 22.1. The number of fused-ring (bicyclic) bond motifs is 1. The van der Waals surface area contributed by atoms with E-state index in [4.69, 9.17) is 16.3 Å². The maximum Gasteiger partial charge on any atom is 0.419 e. The fraction of sp³-hybridized carbons (Fsp3) is 0.227. The van der Waals surface area contributed by atoms with E-state index >= 15 is 0 Å². The van der Waals surface area contributed by atoms with Crippen molar-refractivity contribution < 1.29 is 13.9 Å². The van der Waals surface area contributed by atoms with Crippen LogP contribution in [0.3, 0.4) is 0 Å². The van der Waals surface area contributed by atoms with Gasteiger partial charge in [0.05, 0.1) is 28.1 Å². The monoisotopic (exact) mass is 441 g/mol. The van der Waals surface area contributed by atoms with Crippen LogP contribution in [0.4, 0.5) is 20.7 Å². The Morgan fingerprint density at radius 1 is 1.19 bits per heavy atom. The fourth-order valence-corrected chi connectivity index (χ4v) is 3.38. The molecule has 31 heavy (non-hydrogen) atoms. The number of carbonyl (C=O) groups excluding carboxylic acids is 1. The molecule has 9 heteroatoms. The van der Waals surface area contributed by atoms with Gasteiger partial charge in [-0.1, -0.05) is 11.6 Å². The largest absolute Gasteiger partial charge is 0.443 e. The first kappa shape index (κ1) is 20.9. The number of pyridine rings is 1. The predicted octanol–water partition coefficient (Wildman–Crippen LogP) is 5.76. The molecule has 4 rings (SSSR count). The standard InChI is InChI=1S/C22H21ClFN5O2/c1-22(2,3)31-21(30)29-18(14-11-26-28(4)12-14)7-13-10-25-20(9-19(13)29)27-17-6-5-15(24)8-16(17)23/h5-12H,1-4H3,(H,25,27). The predicted molar refractivity (Wildman–Crippen MR) is 118 cm³/mol. The van der Waals surface area contributed by atoms with Crippen LogP contribution in [0, 0.1) is 5.82 Å². The van der Waals surface area contributed by atoms with Gasteiger partial charge in [0.15, 0.2) is 0 Å². The van der Waals surface area contributed by atoms with E-state index in [1.807, 2.05) is 33.0 Å². The fourth-order valence-electron chi connectivity index (χ4n) is 3.17. The molecule has 0 aliphatic carbocycles. The Hall–Kier alpha value is -3.39. The van der Waals surface area contributed by atoms with E-state index in [1.165, 1.54) is 22.8 Å². The molecule has 7 nitrogen and oxygen atoms in total. The lowest BCUT2D eigenvalue weighted by atomic mass is 10.2. The summed E-state index contributed by atoms with van der Waals surface area (Å²) in [4.78, 5) is 17.5. The molecule has 0 radical (unpaired) electrons. The smallest absolute Gasteiger partial charge is 0.419 e. The van der Waals surface area contributed by atoms with Gasteiger partial charge in [0.25, 0.3) is 0 Å². The Morgan fingerprint density at radius 2 is 1.97 bits per heavy atom. The molecule has 3 heterocycles. The second-order valence-corrected chi connectivity index (χ2v) is 8.53. The molecule has 0 atom stereocenters. The van der Waals surface area contributed by atoms with Gasteiger partial charge in [-0.25, -0.2) is 18.7 Å². The molecule has 1 N–H and O–H groups in total. The van der Waals surface area contributed by atoms with Gasteiger partial charge in [-0.05, 0) is 45.0 Å². The number of halogens is 2. The number of rotatable bonds is 3. The number of nitrogens with one attached hydrogen (secondary N) is 1. The zero-order valence-corrected chi connectivity index (χ0v) is 18.2. The van der Waals surface area contributed by atoms with Gasteiger partial charge < -0.3 is 10.1 Å². The van der Waals surface area contributed by atoms with E-state index in [1.54, 1.807) is 30.2 Å². The van der Waals surface area contributed by atoms with Gasteiger partial charge in [-0.2, -0.15) is 5.10 Å². The third-order valence-corrected chi connectivity index (χ3v) is 4.77. The molecule has 160 valence electrons. The van der Waals surface area contributed by atoms with Crippen molar-refractivity contribution in [2.75, 3.05) is 5.32 Å². The number of anilines is 2. The van der Waals surface area contributed by atoms with Crippen molar-refractivity contribution in [3.8, 4) is 11.3 Å². The summed E-state index contributed by atoms with van der Waals surface area (Å²) in [5.74, 6) is 0.0144. The van der Waals surface area contributed by atoms with Crippen LogP contribution in [0.25, 0.3) is 22.2 Å². The van der Waals surface area contributed by atoms with Crippen LogP contribution in [-0.4, -0.2) is 31.0 Å². The number of nitrogens with zero attached hydrogens (tertiary/aromatic N) is 4. The van der Waals surface area contributed by atoms with Crippen LogP contribution < -0.4 is 5.32 Å². The highest BCUT2D eigenvalue weighted by Crippen LogP contribution is 2.32. The Balaban J connectivity index is 1.83. The molecule has 0 saturated carbocycles. The SMILES string of the molecule is Cn1cc(-c2cc3cnc(Nc4ccc(F)cc4Cl)cc3n2C(=O)OC(C)(C)C)cn1. The topological polar surface area (TPSA) is 74.0 Å². The first-order valence-corrected chi connectivity index (χ1v) is 9.94. The summed E-state index contributed by atoms with van der Waals surface area (Å²) in [5, 5.41) is 8.25. The maximum absolute atomic E-state index is 13.3. The van der Waals surface area contributed by atoms with Gasteiger partial charge in [0, 0.05) is 36.5 Å². The Labute approximate surface area is 183 Å². The van der Waals surface area contributed by atoms with Crippen molar-refractivity contribution in [3.05, 3.63) is 59.8 Å². The molecule has 0 saturated heterocycles. The number of ether oxygens (including phenoxy) is 1. The van der Waals surface area contributed by atoms with Crippen molar-refractivity contribution in [2.24, 2.45) is 7.05 Å². The number of aryl methyl sites for hydroxylation is 1. The lowest BCUT2D eigenvalue weighted by Gasteiger charge is -2.21. The molecule has 0 aliphatic heterocycles. The third-order valence-electron chi connectivity index (χ3n) is 4.46. The summed E-state index contributed by atoms with van der Waals surface area (Å²) in [6.45, 7) is 5.43. The van der Waals surface area contributed by atoms with Crippen LogP contribution in [0.2, 0.25) is 5.02 Å². The van der Waals surface area contributed by atoms with E-state index < -0.39 is 17.5 Å².